The van der Waals surface area contributed by atoms with E-state index in [2.05, 4.69) is 9.46 Å². The summed E-state index contributed by atoms with van der Waals surface area (Å²) < 4.78 is 29.5. The van der Waals surface area contributed by atoms with Crippen molar-refractivity contribution in [3.05, 3.63) is 0 Å². The Hall–Kier alpha value is -0.820. The Kier molecular flexibility index (Phi) is 4.34. The molecule has 0 bridgehead atoms. The van der Waals surface area contributed by atoms with Crippen molar-refractivity contribution in [3.63, 3.8) is 0 Å². The summed E-state index contributed by atoms with van der Waals surface area (Å²) in [5.74, 6) is -0.309. The van der Waals surface area contributed by atoms with Crippen LogP contribution in [0, 0.1) is 0 Å². The van der Waals surface area contributed by atoms with E-state index in [1.165, 1.54) is 13.8 Å². The zero-order valence-corrected chi connectivity index (χ0v) is 9.35. The maximum Gasteiger partial charge on any atom is 0.405 e. The van der Waals surface area contributed by atoms with Crippen molar-refractivity contribution in [2.45, 2.75) is 26.4 Å². The van der Waals surface area contributed by atoms with Crippen LogP contribution in [0.5, 0.6) is 0 Å². The number of carbonyl (C=O) groups excluding carboxylic acids is 1. The molecule has 14 heavy (non-hydrogen) atoms. The lowest BCUT2D eigenvalue weighted by molar-refractivity contribution is 0.0621. The van der Waals surface area contributed by atoms with Gasteiger partial charge in [-0.05, 0) is 13.8 Å². The molecule has 0 aliphatic heterocycles. The summed E-state index contributed by atoms with van der Waals surface area (Å²) in [6, 6.07) is 0. The first kappa shape index (κ1) is 13.2. The van der Waals surface area contributed by atoms with Gasteiger partial charge >= 0.3 is 6.09 Å². The molecule has 7 heteroatoms. The molecule has 1 amide bonds. The third-order valence-corrected chi connectivity index (χ3v) is 3.08. The number of ether oxygens (including phenoxy) is 1. The van der Waals surface area contributed by atoms with Crippen LogP contribution in [0.2, 0.25) is 0 Å². The Balaban J connectivity index is 4.42. The van der Waals surface area contributed by atoms with E-state index >= 15 is 0 Å². The molecule has 6 nitrogen and oxygen atoms in total. The highest BCUT2D eigenvalue weighted by Gasteiger charge is 2.28. The molecule has 0 heterocycles. The minimum absolute atomic E-state index is 0.301. The molecule has 3 N–H and O–H groups in total. The third kappa shape index (κ3) is 5.76. The SMILES string of the molecule is CCNS(=O)(=O)CC(C)(C)OC(N)=O. The van der Waals surface area contributed by atoms with Crippen molar-refractivity contribution in [2.24, 2.45) is 5.73 Å². The van der Waals surface area contributed by atoms with E-state index in [9.17, 15) is 13.2 Å². The van der Waals surface area contributed by atoms with Gasteiger partial charge in [0.25, 0.3) is 0 Å². The molecule has 0 saturated carbocycles. The van der Waals surface area contributed by atoms with Crippen LogP contribution in [-0.4, -0.2) is 32.4 Å². The summed E-state index contributed by atoms with van der Waals surface area (Å²) in [6.07, 6.45) is -0.985. The molecule has 0 saturated heterocycles. The minimum atomic E-state index is -3.42. The molecule has 0 radical (unpaired) electrons. The van der Waals surface area contributed by atoms with E-state index in [0.717, 1.165) is 0 Å². The predicted octanol–water partition coefficient (Wildman–Crippen LogP) is -0.200. The van der Waals surface area contributed by atoms with E-state index in [0.29, 0.717) is 6.54 Å². The van der Waals surface area contributed by atoms with Crippen molar-refractivity contribution >= 4 is 16.1 Å². The fourth-order valence-corrected chi connectivity index (χ4v) is 2.55. The smallest absolute Gasteiger partial charge is 0.405 e. The molecule has 0 atom stereocenters. The molecule has 84 valence electrons. The molecular weight excluding hydrogens is 208 g/mol. The van der Waals surface area contributed by atoms with Crippen LogP contribution in [0.25, 0.3) is 0 Å². The summed E-state index contributed by atoms with van der Waals surface area (Å²) >= 11 is 0. The fraction of sp³-hybridized carbons (Fsp3) is 0.857. The van der Waals surface area contributed by atoms with Gasteiger partial charge in [0.15, 0.2) is 0 Å². The van der Waals surface area contributed by atoms with E-state index in [1.807, 2.05) is 0 Å². The second kappa shape index (κ2) is 4.61. The van der Waals surface area contributed by atoms with Gasteiger partial charge in [-0.3, -0.25) is 0 Å². The van der Waals surface area contributed by atoms with Crippen LogP contribution in [0.15, 0.2) is 0 Å². The topological polar surface area (TPSA) is 98.5 Å². The normalized spacial score (nSPS) is 12.5. The Morgan fingerprint density at radius 2 is 2.00 bits per heavy atom. The number of nitrogens with one attached hydrogen (secondary N) is 1. The Labute approximate surface area is 83.9 Å². The summed E-state index contributed by atoms with van der Waals surface area (Å²) in [6.45, 7) is 4.92. The second-order valence-electron chi connectivity index (χ2n) is 3.44. The second-order valence-corrected chi connectivity index (χ2v) is 5.24. The van der Waals surface area contributed by atoms with Crippen LogP contribution >= 0.6 is 0 Å². The number of hydrogen-bond acceptors (Lipinski definition) is 4. The number of amides is 1. The maximum absolute atomic E-state index is 11.3. The van der Waals surface area contributed by atoms with Gasteiger partial charge in [0.2, 0.25) is 10.0 Å². The largest absolute Gasteiger partial charge is 0.443 e. The van der Waals surface area contributed by atoms with Crippen molar-refractivity contribution in [1.82, 2.24) is 4.72 Å². The average Bonchev–Trinajstić information content (AvgIpc) is 1.78. The van der Waals surface area contributed by atoms with Gasteiger partial charge in [0.05, 0.1) is 0 Å². The molecular formula is C7H16N2O4S. The Morgan fingerprint density at radius 3 is 2.36 bits per heavy atom. The van der Waals surface area contributed by atoms with Crippen LogP contribution in [0.3, 0.4) is 0 Å². The van der Waals surface area contributed by atoms with Gasteiger partial charge in [0.1, 0.15) is 11.4 Å². The van der Waals surface area contributed by atoms with Gasteiger partial charge in [-0.15, -0.1) is 0 Å². The number of hydrogen-bond donors (Lipinski definition) is 2. The zero-order chi connectivity index (χ0) is 11.4. The molecule has 0 fully saturated rings. The van der Waals surface area contributed by atoms with E-state index in [4.69, 9.17) is 5.73 Å². The van der Waals surface area contributed by atoms with E-state index in [-0.39, 0.29) is 5.75 Å². The molecule has 0 aliphatic carbocycles. The molecule has 0 rings (SSSR count). The highest BCUT2D eigenvalue weighted by atomic mass is 32.2. The van der Waals surface area contributed by atoms with Gasteiger partial charge in [0, 0.05) is 6.54 Å². The Morgan fingerprint density at radius 1 is 1.50 bits per heavy atom. The Bertz CT molecular complexity index is 297. The number of sulfonamides is 1. The zero-order valence-electron chi connectivity index (χ0n) is 8.53. The number of carbonyl (C=O) groups is 1. The van der Waals surface area contributed by atoms with Crippen LogP contribution in [0.1, 0.15) is 20.8 Å². The molecule has 0 unspecified atom stereocenters. The van der Waals surface area contributed by atoms with E-state index < -0.39 is 21.7 Å². The number of primary amides is 1. The first-order valence-electron chi connectivity index (χ1n) is 4.14. The van der Waals surface area contributed by atoms with Crippen LogP contribution in [-0.2, 0) is 14.8 Å². The standard InChI is InChI=1S/C7H16N2O4S/c1-4-9-14(11,12)5-7(2,3)13-6(8)10/h9H,4-5H2,1-3H3,(H2,8,10). The summed E-state index contributed by atoms with van der Waals surface area (Å²) in [5.41, 5.74) is 3.68. The highest BCUT2D eigenvalue weighted by Crippen LogP contribution is 2.11. The summed E-state index contributed by atoms with van der Waals surface area (Å²) in [5, 5.41) is 0. The van der Waals surface area contributed by atoms with Crippen molar-refractivity contribution in [1.29, 1.82) is 0 Å². The lowest BCUT2D eigenvalue weighted by atomic mass is 10.2. The van der Waals surface area contributed by atoms with Crippen LogP contribution in [0.4, 0.5) is 4.79 Å². The average molecular weight is 224 g/mol. The molecule has 0 aromatic heterocycles. The van der Waals surface area contributed by atoms with Crippen molar-refractivity contribution in [3.8, 4) is 0 Å². The quantitative estimate of drug-likeness (QED) is 0.675. The predicted molar refractivity (Wildman–Crippen MR) is 52.2 cm³/mol. The van der Waals surface area contributed by atoms with Gasteiger partial charge in [-0.25, -0.2) is 17.9 Å². The fourth-order valence-electron chi connectivity index (χ4n) is 1.03. The molecule has 0 aromatic rings. The lowest BCUT2D eigenvalue weighted by Gasteiger charge is -2.23. The number of nitrogens with two attached hydrogens (primary N) is 1. The first-order valence-corrected chi connectivity index (χ1v) is 5.79. The molecule has 0 aromatic carbocycles. The van der Waals surface area contributed by atoms with Crippen molar-refractivity contribution in [2.75, 3.05) is 12.3 Å². The first-order chi connectivity index (χ1) is 6.18. The lowest BCUT2D eigenvalue weighted by Crippen LogP contribution is -2.41. The van der Waals surface area contributed by atoms with E-state index in [1.54, 1.807) is 6.92 Å². The van der Waals surface area contributed by atoms with Gasteiger partial charge < -0.3 is 10.5 Å². The summed E-state index contributed by atoms with van der Waals surface area (Å²) in [7, 11) is -3.42. The maximum atomic E-state index is 11.3. The third-order valence-electron chi connectivity index (χ3n) is 1.28. The van der Waals surface area contributed by atoms with Crippen molar-refractivity contribution < 1.29 is 17.9 Å². The molecule has 0 spiro atoms. The summed E-state index contributed by atoms with van der Waals surface area (Å²) in [4.78, 5) is 10.4. The highest BCUT2D eigenvalue weighted by molar-refractivity contribution is 7.89. The monoisotopic (exact) mass is 224 g/mol. The minimum Gasteiger partial charge on any atom is -0.443 e. The molecule has 0 aliphatic rings. The van der Waals surface area contributed by atoms with Gasteiger partial charge in [-0.1, -0.05) is 6.92 Å². The van der Waals surface area contributed by atoms with Gasteiger partial charge in [-0.2, -0.15) is 0 Å². The van der Waals surface area contributed by atoms with Crippen LogP contribution < -0.4 is 10.5 Å². The number of rotatable bonds is 5.